The highest BCUT2D eigenvalue weighted by Gasteiger charge is 2.12. The van der Waals surface area contributed by atoms with Crippen molar-refractivity contribution in [2.24, 2.45) is 0 Å². The molecule has 0 radical (unpaired) electrons. The zero-order chi connectivity index (χ0) is 17.4. The predicted octanol–water partition coefficient (Wildman–Crippen LogP) is 2.94. The lowest BCUT2D eigenvalue weighted by Gasteiger charge is -2.12. The molecule has 1 amide bonds. The molecule has 0 aliphatic rings. The molecule has 0 bridgehead atoms. The Labute approximate surface area is 144 Å². The maximum Gasteiger partial charge on any atom is 0.319 e. The summed E-state index contributed by atoms with van der Waals surface area (Å²) in [6.45, 7) is 4.31. The average molecular weight is 352 g/mol. The van der Waals surface area contributed by atoms with E-state index in [4.69, 9.17) is 25.8 Å². The third-order valence-electron chi connectivity index (χ3n) is 2.74. The Bertz CT molecular complexity index is 680. The summed E-state index contributed by atoms with van der Waals surface area (Å²) >= 11 is 5.79. The molecule has 1 N–H and O–H groups in total. The van der Waals surface area contributed by atoms with Crippen molar-refractivity contribution in [1.29, 1.82) is 0 Å². The third-order valence-corrected chi connectivity index (χ3v) is 3.00. The predicted molar refractivity (Wildman–Crippen MR) is 89.9 cm³/mol. The molecule has 0 aliphatic carbocycles. The Balaban J connectivity index is 1.98. The number of anilines is 1. The highest BCUT2D eigenvalue weighted by atomic mass is 35.5. The van der Waals surface area contributed by atoms with Gasteiger partial charge in [0.25, 0.3) is 5.91 Å². The summed E-state index contributed by atoms with van der Waals surface area (Å²) < 4.78 is 16.0. The van der Waals surface area contributed by atoms with Crippen molar-refractivity contribution in [2.75, 3.05) is 25.1 Å². The summed E-state index contributed by atoms with van der Waals surface area (Å²) in [6, 6.07) is 6.92. The molecule has 8 heteroatoms. The number of carbonyl (C=O) groups excluding carboxylic acids is 1. The minimum Gasteiger partial charge on any atom is -0.484 e. The van der Waals surface area contributed by atoms with Gasteiger partial charge in [0, 0.05) is 5.02 Å². The van der Waals surface area contributed by atoms with Crippen LogP contribution >= 0.6 is 11.6 Å². The molecule has 2 rings (SSSR count). The molecular weight excluding hydrogens is 334 g/mol. The van der Waals surface area contributed by atoms with Gasteiger partial charge >= 0.3 is 6.01 Å². The van der Waals surface area contributed by atoms with E-state index >= 15 is 0 Å². The highest BCUT2D eigenvalue weighted by molar-refractivity contribution is 6.30. The second kappa shape index (κ2) is 8.93. The van der Waals surface area contributed by atoms with Crippen molar-refractivity contribution in [3.8, 4) is 17.6 Å². The van der Waals surface area contributed by atoms with Gasteiger partial charge in [-0.3, -0.25) is 4.79 Å². The summed E-state index contributed by atoms with van der Waals surface area (Å²) in [6.07, 6.45) is 1.43. The first kappa shape index (κ1) is 17.8. The lowest BCUT2D eigenvalue weighted by atomic mass is 10.3. The average Bonchev–Trinajstić information content (AvgIpc) is 2.57. The number of benzene rings is 1. The number of amides is 1. The first-order valence-corrected chi connectivity index (χ1v) is 7.81. The molecule has 2 aromatic rings. The Morgan fingerprint density at radius 3 is 2.50 bits per heavy atom. The lowest BCUT2D eigenvalue weighted by Crippen LogP contribution is -2.21. The SMILES string of the molecule is CCOc1ncc(NC(=O)COc2ccc(Cl)cc2)c(OCC)n1. The Kier molecular flexibility index (Phi) is 6.62. The second-order valence-electron chi connectivity index (χ2n) is 4.53. The normalized spacial score (nSPS) is 10.1. The van der Waals surface area contributed by atoms with Gasteiger partial charge in [0.1, 0.15) is 11.4 Å². The number of aromatic nitrogens is 2. The molecule has 1 aromatic heterocycles. The zero-order valence-electron chi connectivity index (χ0n) is 13.4. The van der Waals surface area contributed by atoms with Gasteiger partial charge in [0.05, 0.1) is 19.4 Å². The van der Waals surface area contributed by atoms with Crippen LogP contribution in [0.4, 0.5) is 5.69 Å². The van der Waals surface area contributed by atoms with E-state index in [0.717, 1.165) is 0 Å². The maximum atomic E-state index is 12.0. The fourth-order valence-corrected chi connectivity index (χ4v) is 1.87. The number of nitrogens with one attached hydrogen (secondary N) is 1. The summed E-state index contributed by atoms with van der Waals surface area (Å²) in [4.78, 5) is 20.1. The van der Waals surface area contributed by atoms with Crippen molar-refractivity contribution < 1.29 is 19.0 Å². The van der Waals surface area contributed by atoms with Crippen LogP contribution < -0.4 is 19.5 Å². The molecule has 24 heavy (non-hydrogen) atoms. The topological polar surface area (TPSA) is 82.6 Å². The number of nitrogens with zero attached hydrogens (tertiary/aromatic N) is 2. The Hall–Kier alpha value is -2.54. The van der Waals surface area contributed by atoms with Gasteiger partial charge in [-0.25, -0.2) is 4.98 Å². The first-order valence-electron chi connectivity index (χ1n) is 7.43. The standard InChI is InChI=1S/C16H18ClN3O4/c1-3-22-15-13(9-18-16(20-15)23-4-2)19-14(21)10-24-12-7-5-11(17)6-8-12/h5-9H,3-4,10H2,1-2H3,(H,19,21). The van der Waals surface area contributed by atoms with Crippen LogP contribution in [-0.2, 0) is 4.79 Å². The van der Waals surface area contributed by atoms with Crippen LogP contribution in [0.3, 0.4) is 0 Å². The van der Waals surface area contributed by atoms with E-state index in [-0.39, 0.29) is 24.4 Å². The number of hydrogen-bond donors (Lipinski definition) is 1. The van der Waals surface area contributed by atoms with Gasteiger partial charge in [-0.2, -0.15) is 4.98 Å². The van der Waals surface area contributed by atoms with Crippen LogP contribution in [0, 0.1) is 0 Å². The van der Waals surface area contributed by atoms with Gasteiger partial charge < -0.3 is 19.5 Å². The minimum atomic E-state index is -0.362. The molecule has 0 fully saturated rings. The van der Waals surface area contributed by atoms with Crippen LogP contribution in [0.15, 0.2) is 30.5 Å². The van der Waals surface area contributed by atoms with Crippen molar-refractivity contribution in [1.82, 2.24) is 9.97 Å². The van der Waals surface area contributed by atoms with Gasteiger partial charge in [0.2, 0.25) is 5.88 Å². The summed E-state index contributed by atoms with van der Waals surface area (Å²) in [7, 11) is 0. The van der Waals surface area contributed by atoms with E-state index in [0.29, 0.717) is 29.7 Å². The van der Waals surface area contributed by atoms with Gasteiger partial charge in [0.15, 0.2) is 6.61 Å². The van der Waals surface area contributed by atoms with Crippen molar-refractivity contribution in [3.63, 3.8) is 0 Å². The lowest BCUT2D eigenvalue weighted by molar-refractivity contribution is -0.118. The molecule has 1 heterocycles. The third kappa shape index (κ3) is 5.27. The largest absolute Gasteiger partial charge is 0.484 e. The molecule has 0 unspecified atom stereocenters. The molecular formula is C16H18ClN3O4. The van der Waals surface area contributed by atoms with Crippen molar-refractivity contribution in [2.45, 2.75) is 13.8 Å². The molecule has 0 aliphatic heterocycles. The van der Waals surface area contributed by atoms with Gasteiger partial charge in [-0.15, -0.1) is 0 Å². The molecule has 0 atom stereocenters. The van der Waals surface area contributed by atoms with Crippen LogP contribution in [0.5, 0.6) is 17.6 Å². The van der Waals surface area contributed by atoms with Crippen molar-refractivity contribution in [3.05, 3.63) is 35.5 Å². The van der Waals surface area contributed by atoms with E-state index in [1.807, 2.05) is 13.8 Å². The summed E-state index contributed by atoms with van der Waals surface area (Å²) in [5.74, 6) is 0.428. The number of ether oxygens (including phenoxy) is 3. The summed E-state index contributed by atoms with van der Waals surface area (Å²) in [5.41, 5.74) is 0.352. The smallest absolute Gasteiger partial charge is 0.319 e. The molecule has 7 nitrogen and oxygen atoms in total. The maximum absolute atomic E-state index is 12.0. The van der Waals surface area contributed by atoms with Crippen LogP contribution in [0.2, 0.25) is 5.02 Å². The molecule has 0 spiro atoms. The van der Waals surface area contributed by atoms with Crippen LogP contribution in [0.25, 0.3) is 0 Å². The monoisotopic (exact) mass is 351 g/mol. The Morgan fingerprint density at radius 1 is 1.12 bits per heavy atom. The molecule has 0 saturated heterocycles. The molecule has 128 valence electrons. The van der Waals surface area contributed by atoms with Crippen molar-refractivity contribution >= 4 is 23.2 Å². The first-order chi connectivity index (χ1) is 11.6. The van der Waals surface area contributed by atoms with Gasteiger partial charge in [-0.05, 0) is 38.1 Å². The Morgan fingerprint density at radius 2 is 1.83 bits per heavy atom. The fourth-order valence-electron chi connectivity index (χ4n) is 1.75. The van der Waals surface area contributed by atoms with Crippen LogP contribution in [0.1, 0.15) is 13.8 Å². The zero-order valence-corrected chi connectivity index (χ0v) is 14.2. The highest BCUT2D eigenvalue weighted by Crippen LogP contribution is 2.23. The van der Waals surface area contributed by atoms with E-state index in [2.05, 4.69) is 15.3 Å². The molecule has 1 aromatic carbocycles. The number of rotatable bonds is 8. The number of halogens is 1. The van der Waals surface area contributed by atoms with E-state index in [1.54, 1.807) is 24.3 Å². The molecule has 0 saturated carbocycles. The summed E-state index contributed by atoms with van der Waals surface area (Å²) in [5, 5.41) is 3.25. The van der Waals surface area contributed by atoms with E-state index < -0.39 is 0 Å². The van der Waals surface area contributed by atoms with Crippen LogP contribution in [-0.4, -0.2) is 35.7 Å². The van der Waals surface area contributed by atoms with E-state index in [9.17, 15) is 4.79 Å². The number of carbonyl (C=O) groups is 1. The number of hydrogen-bond acceptors (Lipinski definition) is 6. The fraction of sp³-hybridized carbons (Fsp3) is 0.312. The van der Waals surface area contributed by atoms with E-state index in [1.165, 1.54) is 6.20 Å². The van der Waals surface area contributed by atoms with Gasteiger partial charge in [-0.1, -0.05) is 11.6 Å². The quantitative estimate of drug-likeness (QED) is 0.787. The minimum absolute atomic E-state index is 0.166. The second-order valence-corrected chi connectivity index (χ2v) is 4.96.